The quantitative estimate of drug-likeness (QED) is 0.281. The highest BCUT2D eigenvalue weighted by molar-refractivity contribution is 6.30. The van der Waals surface area contributed by atoms with Crippen LogP contribution in [0.25, 0.3) is 33.9 Å². The molecule has 0 unspecified atom stereocenters. The van der Waals surface area contributed by atoms with Crippen molar-refractivity contribution in [2.75, 3.05) is 14.2 Å². The van der Waals surface area contributed by atoms with Gasteiger partial charge in [-0.2, -0.15) is 5.26 Å². The summed E-state index contributed by atoms with van der Waals surface area (Å²) in [5.74, 6) is 1.73. The number of nitriles is 1. The molecule has 0 radical (unpaired) electrons. The zero-order valence-electron chi connectivity index (χ0n) is 19.3. The van der Waals surface area contributed by atoms with Gasteiger partial charge in [-0.3, -0.25) is 15.5 Å². The molecular weight excluding hydrogens is 484 g/mol. The van der Waals surface area contributed by atoms with Crippen molar-refractivity contribution in [3.8, 4) is 51.5 Å². The molecule has 9 nitrogen and oxygen atoms in total. The van der Waals surface area contributed by atoms with Crippen LogP contribution in [0.15, 0.2) is 52.9 Å². The Balaban J connectivity index is 1.70. The van der Waals surface area contributed by atoms with Gasteiger partial charge in [-0.25, -0.2) is 0 Å². The van der Waals surface area contributed by atoms with Crippen LogP contribution in [-0.4, -0.2) is 23.7 Å². The van der Waals surface area contributed by atoms with E-state index in [1.165, 1.54) is 12.1 Å². The lowest BCUT2D eigenvalue weighted by molar-refractivity contribution is -0.384. The summed E-state index contributed by atoms with van der Waals surface area (Å²) < 4.78 is 18.7. The van der Waals surface area contributed by atoms with E-state index < -0.39 is 4.92 Å². The normalized spacial score (nSPS) is 11.8. The number of nitrogens with zero attached hydrogens (tertiary/aromatic N) is 3. The number of methoxy groups -OCH3 is 2. The van der Waals surface area contributed by atoms with E-state index in [2.05, 4.69) is 6.07 Å². The minimum atomic E-state index is -0.528. The molecule has 2 aromatic carbocycles. The van der Waals surface area contributed by atoms with Gasteiger partial charge in [0.1, 0.15) is 28.6 Å². The molecule has 180 valence electrons. The first kappa shape index (κ1) is 23.2. The van der Waals surface area contributed by atoms with Crippen molar-refractivity contribution in [2.45, 2.75) is 13.0 Å². The molecule has 0 atom stereocenters. The zero-order chi connectivity index (χ0) is 25.6. The second kappa shape index (κ2) is 8.91. The number of aromatic nitrogens is 1. The molecule has 10 heteroatoms. The Bertz CT molecular complexity index is 1650. The Kier molecular flexibility index (Phi) is 5.74. The predicted octanol–water partition coefficient (Wildman–Crippen LogP) is 5.57. The molecule has 0 bridgehead atoms. The molecule has 0 amide bonds. The number of hydrogen-bond acceptors (Lipinski definition) is 7. The van der Waals surface area contributed by atoms with Crippen LogP contribution < -0.4 is 15.0 Å². The van der Waals surface area contributed by atoms with Crippen LogP contribution in [-0.2, 0) is 13.0 Å². The maximum Gasteiger partial charge on any atom is 0.281 e. The lowest BCUT2D eigenvalue weighted by atomic mass is 9.94. The fraction of sp³-hybridized carbons (Fsp3) is 0.154. The molecule has 4 aromatic rings. The summed E-state index contributed by atoms with van der Waals surface area (Å²) in [5, 5.41) is 30.5. The third kappa shape index (κ3) is 3.68. The first-order valence-electron chi connectivity index (χ1n) is 10.9. The second-order valence-corrected chi connectivity index (χ2v) is 8.56. The van der Waals surface area contributed by atoms with Crippen LogP contribution in [0, 0.1) is 26.9 Å². The standard InChI is InChI=1S/C26H19ClN4O5/c1-34-24-9-14-7-8-30-20(17(14)12-25(24)35-2)11-18(19(13-28)26(30)29)23-6-5-22(36-23)16-4-3-15(27)10-21(16)31(32)33/h3-6,9-12,29H,7-8H2,1-2H3. The number of nitrogens with one attached hydrogen (secondary N) is 1. The first-order chi connectivity index (χ1) is 17.4. The fourth-order valence-electron chi connectivity index (χ4n) is 4.52. The number of halogens is 1. The van der Waals surface area contributed by atoms with Crippen LogP contribution in [0.2, 0.25) is 5.02 Å². The fourth-order valence-corrected chi connectivity index (χ4v) is 4.69. The molecule has 1 N–H and O–H groups in total. The topological polar surface area (TPSA) is 127 Å². The summed E-state index contributed by atoms with van der Waals surface area (Å²) >= 11 is 5.94. The summed E-state index contributed by atoms with van der Waals surface area (Å²) in [6.07, 6.45) is 0.661. The number of hydrogen-bond donors (Lipinski definition) is 1. The van der Waals surface area contributed by atoms with E-state index >= 15 is 0 Å². The van der Waals surface area contributed by atoms with E-state index in [-0.39, 0.29) is 33.1 Å². The number of rotatable bonds is 5. The maximum absolute atomic E-state index is 11.6. The van der Waals surface area contributed by atoms with Crippen LogP contribution in [0.1, 0.15) is 11.1 Å². The molecule has 1 aliphatic heterocycles. The van der Waals surface area contributed by atoms with E-state index in [1.54, 1.807) is 43.1 Å². The summed E-state index contributed by atoms with van der Waals surface area (Å²) in [4.78, 5) is 11.0. The van der Waals surface area contributed by atoms with Crippen molar-refractivity contribution in [1.29, 1.82) is 10.7 Å². The average molecular weight is 503 g/mol. The van der Waals surface area contributed by atoms with Gasteiger partial charge in [0.2, 0.25) is 0 Å². The summed E-state index contributed by atoms with van der Waals surface area (Å²) in [7, 11) is 3.13. The van der Waals surface area contributed by atoms with E-state index in [4.69, 9.17) is 30.9 Å². The van der Waals surface area contributed by atoms with Crippen LogP contribution in [0.3, 0.4) is 0 Å². The lowest BCUT2D eigenvalue weighted by Crippen LogP contribution is -2.28. The molecule has 0 aliphatic carbocycles. The zero-order valence-corrected chi connectivity index (χ0v) is 20.0. The van der Waals surface area contributed by atoms with E-state index in [0.29, 0.717) is 35.8 Å². The molecule has 0 saturated carbocycles. The molecule has 2 aromatic heterocycles. The number of nitro benzene ring substituents is 1. The highest BCUT2D eigenvalue weighted by Crippen LogP contribution is 2.41. The predicted molar refractivity (Wildman–Crippen MR) is 132 cm³/mol. The number of furan rings is 1. The molecule has 3 heterocycles. The van der Waals surface area contributed by atoms with Gasteiger partial charge in [0, 0.05) is 28.8 Å². The highest BCUT2D eigenvalue weighted by atomic mass is 35.5. The lowest BCUT2D eigenvalue weighted by Gasteiger charge is -2.25. The Hall–Kier alpha value is -4.55. The number of fused-ring (bicyclic) bond motifs is 3. The molecule has 1 aliphatic rings. The smallest absolute Gasteiger partial charge is 0.281 e. The molecule has 0 spiro atoms. The van der Waals surface area contributed by atoms with Gasteiger partial charge >= 0.3 is 0 Å². The van der Waals surface area contributed by atoms with Crippen molar-refractivity contribution in [2.24, 2.45) is 0 Å². The molecule has 0 fully saturated rings. The van der Waals surface area contributed by atoms with Gasteiger partial charge in [-0.05, 0) is 54.4 Å². The minimum absolute atomic E-state index is 0.0564. The third-order valence-corrected chi connectivity index (χ3v) is 6.48. The number of benzene rings is 2. The van der Waals surface area contributed by atoms with Gasteiger partial charge in [0.25, 0.3) is 5.69 Å². The molecule has 36 heavy (non-hydrogen) atoms. The van der Waals surface area contributed by atoms with Crippen molar-refractivity contribution < 1.29 is 18.8 Å². The number of aryl methyl sites for hydroxylation is 1. The average Bonchev–Trinajstić information content (AvgIpc) is 3.37. The van der Waals surface area contributed by atoms with Crippen molar-refractivity contribution in [1.82, 2.24) is 4.57 Å². The largest absolute Gasteiger partial charge is 0.493 e. The number of ether oxygens (including phenoxy) is 2. The highest BCUT2D eigenvalue weighted by Gasteiger charge is 2.25. The van der Waals surface area contributed by atoms with Crippen LogP contribution >= 0.6 is 11.6 Å². The Morgan fingerprint density at radius 1 is 1.06 bits per heavy atom. The number of pyridine rings is 1. The van der Waals surface area contributed by atoms with Gasteiger partial charge in [0.15, 0.2) is 11.5 Å². The van der Waals surface area contributed by atoms with Crippen LogP contribution in [0.4, 0.5) is 5.69 Å². The third-order valence-electron chi connectivity index (χ3n) is 6.24. The second-order valence-electron chi connectivity index (χ2n) is 8.13. The Morgan fingerprint density at radius 2 is 1.75 bits per heavy atom. The van der Waals surface area contributed by atoms with Crippen molar-refractivity contribution in [3.63, 3.8) is 0 Å². The maximum atomic E-state index is 11.6. The van der Waals surface area contributed by atoms with Gasteiger partial charge in [0.05, 0.1) is 30.4 Å². The van der Waals surface area contributed by atoms with E-state index in [9.17, 15) is 15.4 Å². The van der Waals surface area contributed by atoms with Gasteiger partial charge in [-0.15, -0.1) is 0 Å². The first-order valence-corrected chi connectivity index (χ1v) is 11.3. The Labute approximate surface area is 210 Å². The van der Waals surface area contributed by atoms with Gasteiger partial charge < -0.3 is 18.5 Å². The molecule has 0 saturated heterocycles. The van der Waals surface area contributed by atoms with E-state index in [0.717, 1.165) is 16.8 Å². The Morgan fingerprint density at radius 3 is 2.42 bits per heavy atom. The molecular formula is C26H19ClN4O5. The monoisotopic (exact) mass is 502 g/mol. The summed E-state index contributed by atoms with van der Waals surface area (Å²) in [6, 6.07) is 15.3. The van der Waals surface area contributed by atoms with Crippen molar-refractivity contribution in [3.05, 3.63) is 80.3 Å². The summed E-state index contributed by atoms with van der Waals surface area (Å²) in [6.45, 7) is 0.520. The van der Waals surface area contributed by atoms with Gasteiger partial charge in [-0.1, -0.05) is 11.6 Å². The van der Waals surface area contributed by atoms with Crippen molar-refractivity contribution >= 4 is 17.3 Å². The van der Waals surface area contributed by atoms with E-state index in [1.807, 2.05) is 12.1 Å². The summed E-state index contributed by atoms with van der Waals surface area (Å²) in [5.41, 5.74) is 3.30. The molecule has 5 rings (SSSR count). The minimum Gasteiger partial charge on any atom is -0.493 e. The number of nitro groups is 1. The van der Waals surface area contributed by atoms with Crippen LogP contribution in [0.5, 0.6) is 11.5 Å². The SMILES string of the molecule is COc1cc2c(cc1OC)-c1cc(-c3ccc(-c4ccc(Cl)cc4[N+](=O)[O-])o3)c(C#N)c(=N)n1CC2.